The number of nitrogens with one attached hydrogen (secondary N) is 1. The maximum absolute atomic E-state index is 12.5. The molecule has 1 atom stereocenters. The lowest BCUT2D eigenvalue weighted by Gasteiger charge is -2.27. The highest BCUT2D eigenvalue weighted by Gasteiger charge is 2.31. The van der Waals surface area contributed by atoms with Gasteiger partial charge in [0.2, 0.25) is 12.7 Å². The molecule has 0 radical (unpaired) electrons. The van der Waals surface area contributed by atoms with Gasteiger partial charge < -0.3 is 24.6 Å². The van der Waals surface area contributed by atoms with E-state index in [1.165, 1.54) is 5.56 Å². The number of amides is 1. The first-order valence-corrected chi connectivity index (χ1v) is 11.2. The number of carbonyl (C=O) groups excluding carboxylic acids is 1. The first kappa shape index (κ1) is 22.4. The van der Waals surface area contributed by atoms with E-state index in [0.717, 1.165) is 29.8 Å². The quantitative estimate of drug-likeness (QED) is 0.689. The maximum Gasteiger partial charge on any atom is 0.234 e. The first-order valence-electron chi connectivity index (χ1n) is 11.2. The van der Waals surface area contributed by atoms with Gasteiger partial charge in [-0.05, 0) is 57.4 Å². The molecule has 32 heavy (non-hydrogen) atoms. The monoisotopic (exact) mass is 440 g/mol. The van der Waals surface area contributed by atoms with Crippen molar-refractivity contribution in [3.8, 4) is 17.2 Å². The van der Waals surface area contributed by atoms with Crippen molar-refractivity contribution in [1.29, 1.82) is 0 Å². The highest BCUT2D eigenvalue weighted by molar-refractivity contribution is 5.78. The number of carbonyl (C=O) groups is 1. The molecule has 1 unspecified atom stereocenters. The van der Waals surface area contributed by atoms with E-state index >= 15 is 0 Å². The molecule has 7 nitrogen and oxygen atoms in total. The maximum atomic E-state index is 12.5. The van der Waals surface area contributed by atoms with Crippen molar-refractivity contribution in [1.82, 2.24) is 10.2 Å². The van der Waals surface area contributed by atoms with Crippen LogP contribution in [-0.2, 0) is 11.3 Å². The Hall–Kier alpha value is -2.77. The average molecular weight is 441 g/mol. The van der Waals surface area contributed by atoms with Gasteiger partial charge >= 0.3 is 0 Å². The van der Waals surface area contributed by atoms with Crippen LogP contribution in [0.1, 0.15) is 36.0 Å². The second-order valence-electron chi connectivity index (χ2n) is 8.84. The van der Waals surface area contributed by atoms with Gasteiger partial charge in [0, 0.05) is 18.7 Å². The number of para-hydroxylation sites is 1. The van der Waals surface area contributed by atoms with Gasteiger partial charge in [-0.3, -0.25) is 9.69 Å². The summed E-state index contributed by atoms with van der Waals surface area (Å²) >= 11 is 0. The molecule has 7 heteroatoms. The highest BCUT2D eigenvalue weighted by Crippen LogP contribution is 2.35. The zero-order chi connectivity index (χ0) is 22.6. The molecule has 2 aromatic carbocycles. The van der Waals surface area contributed by atoms with Gasteiger partial charge in [-0.15, -0.1) is 0 Å². The summed E-state index contributed by atoms with van der Waals surface area (Å²) in [6, 6.07) is 11.7. The standard InChI is InChI=1S/C25H32N2O5/c1-18-7-8-21(19(2)13-18)30-16-25(29)9-4-11-27(12-10-25)15-23(28)26-14-20-5-3-6-22-24(20)32-17-31-22/h3,5-8,13,29H,4,9-12,14-17H2,1-2H3,(H,26,28). The summed E-state index contributed by atoms with van der Waals surface area (Å²) in [7, 11) is 0. The number of likely N-dealkylation sites (tertiary alicyclic amines) is 1. The van der Waals surface area contributed by atoms with Crippen molar-refractivity contribution in [3.05, 3.63) is 53.1 Å². The van der Waals surface area contributed by atoms with Crippen molar-refractivity contribution in [2.75, 3.05) is 33.0 Å². The van der Waals surface area contributed by atoms with Gasteiger partial charge in [0.05, 0.1) is 12.1 Å². The molecule has 1 amide bonds. The molecule has 1 fully saturated rings. The van der Waals surface area contributed by atoms with Crippen LogP contribution in [0.5, 0.6) is 17.2 Å². The van der Waals surface area contributed by atoms with E-state index in [9.17, 15) is 9.90 Å². The Bertz CT molecular complexity index is 963. The van der Waals surface area contributed by atoms with E-state index in [1.807, 2.05) is 37.3 Å². The van der Waals surface area contributed by atoms with E-state index in [0.29, 0.717) is 44.0 Å². The number of ether oxygens (including phenoxy) is 3. The fourth-order valence-electron chi connectivity index (χ4n) is 4.29. The second-order valence-corrected chi connectivity index (χ2v) is 8.84. The van der Waals surface area contributed by atoms with Crippen molar-refractivity contribution in [3.63, 3.8) is 0 Å². The molecule has 2 aromatic rings. The summed E-state index contributed by atoms with van der Waals surface area (Å²) in [5.41, 5.74) is 2.28. The predicted molar refractivity (Wildman–Crippen MR) is 121 cm³/mol. The minimum atomic E-state index is -0.884. The molecule has 1 saturated heterocycles. The van der Waals surface area contributed by atoms with E-state index in [1.54, 1.807) is 0 Å². The Morgan fingerprint density at radius 1 is 1.19 bits per heavy atom. The summed E-state index contributed by atoms with van der Waals surface area (Å²) in [4.78, 5) is 14.6. The van der Waals surface area contributed by atoms with Crippen LogP contribution >= 0.6 is 0 Å². The topological polar surface area (TPSA) is 80.3 Å². The number of aryl methyl sites for hydroxylation is 2. The van der Waals surface area contributed by atoms with Gasteiger partial charge in [-0.1, -0.05) is 29.8 Å². The van der Waals surface area contributed by atoms with Gasteiger partial charge in [0.1, 0.15) is 12.4 Å². The third kappa shape index (κ3) is 5.53. The molecule has 2 aliphatic heterocycles. The third-order valence-electron chi connectivity index (χ3n) is 6.16. The molecule has 0 aliphatic carbocycles. The molecule has 2 N–H and O–H groups in total. The number of fused-ring (bicyclic) bond motifs is 1. The van der Waals surface area contributed by atoms with E-state index in [-0.39, 0.29) is 19.3 Å². The van der Waals surface area contributed by atoms with Crippen molar-refractivity contribution in [2.24, 2.45) is 0 Å². The van der Waals surface area contributed by atoms with Crippen LogP contribution in [0.4, 0.5) is 0 Å². The van der Waals surface area contributed by atoms with Crippen molar-refractivity contribution in [2.45, 2.75) is 45.3 Å². The molecule has 2 aliphatic rings. The van der Waals surface area contributed by atoms with Gasteiger partial charge in [-0.25, -0.2) is 0 Å². The van der Waals surface area contributed by atoms with Gasteiger partial charge in [-0.2, -0.15) is 0 Å². The molecule has 0 bridgehead atoms. The molecule has 2 heterocycles. The predicted octanol–water partition coefficient (Wildman–Crippen LogP) is 2.94. The van der Waals surface area contributed by atoms with Crippen molar-refractivity contribution < 1.29 is 24.1 Å². The zero-order valence-corrected chi connectivity index (χ0v) is 18.9. The minimum Gasteiger partial charge on any atom is -0.490 e. The SMILES string of the molecule is Cc1ccc(OCC2(O)CCCN(CC(=O)NCc3cccc4c3OCO4)CC2)c(C)c1. The number of rotatable bonds is 7. The number of aliphatic hydroxyl groups is 1. The van der Waals surface area contributed by atoms with Gasteiger partial charge in [0.25, 0.3) is 0 Å². The summed E-state index contributed by atoms with van der Waals surface area (Å²) in [5, 5.41) is 14.0. The third-order valence-corrected chi connectivity index (χ3v) is 6.16. The van der Waals surface area contributed by atoms with Crippen LogP contribution in [0, 0.1) is 13.8 Å². The Morgan fingerprint density at radius 2 is 2.06 bits per heavy atom. The van der Waals surface area contributed by atoms with E-state index in [2.05, 4.69) is 23.2 Å². The van der Waals surface area contributed by atoms with Crippen LogP contribution in [0.25, 0.3) is 0 Å². The lowest BCUT2D eigenvalue weighted by molar-refractivity contribution is -0.122. The lowest BCUT2D eigenvalue weighted by Crippen LogP contribution is -2.40. The summed E-state index contributed by atoms with van der Waals surface area (Å²) in [6.07, 6.45) is 2.05. The Labute approximate surface area is 189 Å². The second kappa shape index (κ2) is 9.79. The zero-order valence-electron chi connectivity index (χ0n) is 18.9. The first-order chi connectivity index (χ1) is 15.4. The largest absolute Gasteiger partial charge is 0.490 e. The Morgan fingerprint density at radius 3 is 2.91 bits per heavy atom. The van der Waals surface area contributed by atoms with Crippen molar-refractivity contribution >= 4 is 5.91 Å². The van der Waals surface area contributed by atoms with Crippen LogP contribution in [-0.4, -0.2) is 54.5 Å². The smallest absolute Gasteiger partial charge is 0.234 e. The van der Waals surface area contributed by atoms with E-state index in [4.69, 9.17) is 14.2 Å². The molecule has 4 rings (SSSR count). The molecule has 0 saturated carbocycles. The van der Waals surface area contributed by atoms with Crippen LogP contribution in [0.15, 0.2) is 36.4 Å². The lowest BCUT2D eigenvalue weighted by atomic mass is 9.96. The fourth-order valence-corrected chi connectivity index (χ4v) is 4.29. The fraction of sp³-hybridized carbons (Fsp3) is 0.480. The highest BCUT2D eigenvalue weighted by atomic mass is 16.7. The van der Waals surface area contributed by atoms with Crippen LogP contribution in [0.3, 0.4) is 0 Å². The van der Waals surface area contributed by atoms with Crippen LogP contribution < -0.4 is 19.5 Å². The molecule has 0 spiro atoms. The molecular weight excluding hydrogens is 408 g/mol. The average Bonchev–Trinajstić information content (AvgIpc) is 3.17. The number of benzene rings is 2. The Balaban J connectivity index is 1.25. The molecule has 0 aromatic heterocycles. The Kier molecular flexibility index (Phi) is 6.86. The number of hydrogen-bond donors (Lipinski definition) is 2. The minimum absolute atomic E-state index is 0.0431. The molecule has 172 valence electrons. The normalized spacial score (nSPS) is 20.6. The van der Waals surface area contributed by atoms with Gasteiger partial charge in [0.15, 0.2) is 11.5 Å². The number of nitrogens with zero attached hydrogens (tertiary/aromatic N) is 1. The summed E-state index contributed by atoms with van der Waals surface area (Å²) < 4.78 is 16.8. The van der Waals surface area contributed by atoms with Crippen LogP contribution in [0.2, 0.25) is 0 Å². The molecular formula is C25H32N2O5. The number of hydrogen-bond acceptors (Lipinski definition) is 6. The van der Waals surface area contributed by atoms with E-state index < -0.39 is 5.60 Å². The summed E-state index contributed by atoms with van der Waals surface area (Å²) in [6.45, 7) is 6.67. The summed E-state index contributed by atoms with van der Waals surface area (Å²) in [5.74, 6) is 2.19.